The maximum absolute atomic E-state index is 12.4. The van der Waals surface area contributed by atoms with Gasteiger partial charge < -0.3 is 10.1 Å². The van der Waals surface area contributed by atoms with Crippen molar-refractivity contribution in [2.75, 3.05) is 6.54 Å². The lowest BCUT2D eigenvalue weighted by Crippen LogP contribution is -2.25. The number of aromatic nitrogens is 2. The van der Waals surface area contributed by atoms with Gasteiger partial charge in [-0.2, -0.15) is 5.10 Å². The second kappa shape index (κ2) is 10.3. The molecule has 1 heterocycles. The number of ether oxygens (including phenoxy) is 1. The van der Waals surface area contributed by atoms with Gasteiger partial charge in [0.2, 0.25) is 0 Å². The SMILES string of the molecule is Cc1cc(OCc2ccc(C(=O)NCCCn3nc(C)c(Br)c3C)cc2)cc(C)c1Cl. The molecule has 0 atom stereocenters. The van der Waals surface area contributed by atoms with E-state index in [2.05, 4.69) is 26.3 Å². The summed E-state index contributed by atoms with van der Waals surface area (Å²) in [5.41, 5.74) is 5.70. The van der Waals surface area contributed by atoms with Crippen LogP contribution in [0.4, 0.5) is 0 Å². The molecule has 0 saturated heterocycles. The van der Waals surface area contributed by atoms with E-state index in [9.17, 15) is 4.79 Å². The van der Waals surface area contributed by atoms with Gasteiger partial charge in [0.15, 0.2) is 0 Å². The van der Waals surface area contributed by atoms with Crippen molar-refractivity contribution < 1.29 is 9.53 Å². The van der Waals surface area contributed by atoms with Crippen LogP contribution in [0.3, 0.4) is 0 Å². The van der Waals surface area contributed by atoms with E-state index < -0.39 is 0 Å². The molecule has 31 heavy (non-hydrogen) atoms. The molecule has 3 rings (SSSR count). The summed E-state index contributed by atoms with van der Waals surface area (Å²) < 4.78 is 8.89. The Morgan fingerprint density at radius 2 is 1.77 bits per heavy atom. The first kappa shape index (κ1) is 23.4. The van der Waals surface area contributed by atoms with Gasteiger partial charge in [-0.05, 0) is 91.0 Å². The second-order valence-electron chi connectivity index (χ2n) is 7.67. The number of rotatable bonds is 8. The van der Waals surface area contributed by atoms with Crippen LogP contribution in [0.15, 0.2) is 40.9 Å². The number of hydrogen-bond donors (Lipinski definition) is 1. The van der Waals surface area contributed by atoms with Crippen LogP contribution < -0.4 is 10.1 Å². The van der Waals surface area contributed by atoms with Gasteiger partial charge in [0, 0.05) is 29.4 Å². The standard InChI is InChI=1S/C24H27BrClN3O2/c1-15-12-21(13-16(2)23(15)26)31-14-19-6-8-20(9-7-19)24(30)27-10-5-11-29-18(4)22(25)17(3)28-29/h6-9,12-13H,5,10-11,14H2,1-4H3,(H,27,30). The molecular formula is C24H27BrClN3O2. The number of halogens is 2. The minimum Gasteiger partial charge on any atom is -0.489 e. The van der Waals surface area contributed by atoms with E-state index in [1.54, 1.807) is 0 Å². The Morgan fingerprint density at radius 3 is 2.35 bits per heavy atom. The number of carbonyl (C=O) groups is 1. The summed E-state index contributed by atoms with van der Waals surface area (Å²) >= 11 is 9.74. The molecule has 0 saturated carbocycles. The number of amides is 1. The van der Waals surface area contributed by atoms with Crippen molar-refractivity contribution in [3.63, 3.8) is 0 Å². The third-order valence-corrected chi connectivity index (χ3v) is 6.90. The fourth-order valence-corrected chi connectivity index (χ4v) is 3.73. The van der Waals surface area contributed by atoms with Gasteiger partial charge in [0.25, 0.3) is 5.91 Å². The zero-order valence-corrected chi connectivity index (χ0v) is 20.6. The number of hydrogen-bond acceptors (Lipinski definition) is 3. The molecular weight excluding hydrogens is 478 g/mol. The van der Waals surface area contributed by atoms with Crippen LogP contribution in [-0.4, -0.2) is 22.2 Å². The van der Waals surface area contributed by atoms with Crippen LogP contribution in [0.25, 0.3) is 0 Å². The molecule has 0 aliphatic rings. The van der Waals surface area contributed by atoms with Crippen LogP contribution in [0.5, 0.6) is 5.75 Å². The summed E-state index contributed by atoms with van der Waals surface area (Å²) in [5, 5.41) is 8.22. The highest BCUT2D eigenvalue weighted by Gasteiger charge is 2.09. The summed E-state index contributed by atoms with van der Waals surface area (Å²) in [5.74, 6) is 0.710. The van der Waals surface area contributed by atoms with Crippen LogP contribution in [0.1, 0.15) is 44.9 Å². The number of benzene rings is 2. The number of carbonyl (C=O) groups excluding carboxylic acids is 1. The van der Waals surface area contributed by atoms with Crippen LogP contribution in [0.2, 0.25) is 5.02 Å². The summed E-state index contributed by atoms with van der Waals surface area (Å²) in [4.78, 5) is 12.4. The Kier molecular flexibility index (Phi) is 7.79. The van der Waals surface area contributed by atoms with E-state index in [4.69, 9.17) is 16.3 Å². The minimum atomic E-state index is -0.0778. The quantitative estimate of drug-likeness (QED) is 0.387. The molecule has 2 aromatic carbocycles. The first-order chi connectivity index (χ1) is 14.8. The Hall–Kier alpha value is -2.31. The third kappa shape index (κ3) is 5.89. The van der Waals surface area contributed by atoms with Crippen LogP contribution in [0, 0.1) is 27.7 Å². The van der Waals surface area contributed by atoms with Gasteiger partial charge in [0.1, 0.15) is 12.4 Å². The van der Waals surface area contributed by atoms with Gasteiger partial charge in [-0.25, -0.2) is 0 Å². The first-order valence-corrected chi connectivity index (χ1v) is 11.4. The monoisotopic (exact) mass is 503 g/mol. The Balaban J connectivity index is 1.47. The molecule has 0 bridgehead atoms. The summed E-state index contributed by atoms with van der Waals surface area (Å²) in [7, 11) is 0. The van der Waals surface area contributed by atoms with Crippen molar-refractivity contribution in [3.8, 4) is 5.75 Å². The molecule has 164 valence electrons. The number of nitrogens with zero attached hydrogens (tertiary/aromatic N) is 2. The molecule has 1 amide bonds. The Morgan fingerprint density at radius 1 is 1.13 bits per heavy atom. The molecule has 1 aromatic heterocycles. The van der Waals surface area contributed by atoms with Crippen LogP contribution >= 0.6 is 27.5 Å². The normalized spacial score (nSPS) is 10.9. The highest BCUT2D eigenvalue weighted by Crippen LogP contribution is 2.26. The molecule has 0 aliphatic carbocycles. The Bertz CT molecular complexity index is 1050. The van der Waals surface area contributed by atoms with Crippen molar-refractivity contribution in [1.82, 2.24) is 15.1 Å². The predicted octanol–water partition coefficient (Wildman–Crippen LogP) is 5.93. The van der Waals surface area contributed by atoms with Gasteiger partial charge in [-0.15, -0.1) is 0 Å². The topological polar surface area (TPSA) is 56.1 Å². The average molecular weight is 505 g/mol. The second-order valence-corrected chi connectivity index (χ2v) is 8.85. The highest BCUT2D eigenvalue weighted by molar-refractivity contribution is 9.10. The molecule has 5 nitrogen and oxygen atoms in total. The summed E-state index contributed by atoms with van der Waals surface area (Å²) in [6.07, 6.45) is 0.811. The highest BCUT2D eigenvalue weighted by atomic mass is 79.9. The largest absolute Gasteiger partial charge is 0.489 e. The fourth-order valence-electron chi connectivity index (χ4n) is 3.33. The zero-order chi connectivity index (χ0) is 22.5. The summed E-state index contributed by atoms with van der Waals surface area (Å²) in [6.45, 7) is 9.72. The van der Waals surface area contributed by atoms with E-state index in [1.807, 2.05) is 68.8 Å². The van der Waals surface area contributed by atoms with Gasteiger partial charge in [-0.1, -0.05) is 23.7 Å². The molecule has 0 aliphatic heterocycles. The maximum Gasteiger partial charge on any atom is 0.251 e. The van der Waals surface area contributed by atoms with Gasteiger partial charge in [0.05, 0.1) is 10.2 Å². The fraction of sp³-hybridized carbons (Fsp3) is 0.333. The predicted molar refractivity (Wildman–Crippen MR) is 128 cm³/mol. The van der Waals surface area contributed by atoms with Crippen molar-refractivity contribution in [2.24, 2.45) is 0 Å². The van der Waals surface area contributed by atoms with E-state index in [0.717, 1.165) is 56.3 Å². The smallest absolute Gasteiger partial charge is 0.251 e. The Labute approximate surface area is 196 Å². The maximum atomic E-state index is 12.4. The molecule has 7 heteroatoms. The van der Waals surface area contributed by atoms with Crippen molar-refractivity contribution >= 4 is 33.4 Å². The molecule has 3 aromatic rings. The van der Waals surface area contributed by atoms with Crippen molar-refractivity contribution in [3.05, 3.63) is 79.5 Å². The minimum absolute atomic E-state index is 0.0778. The lowest BCUT2D eigenvalue weighted by atomic mass is 10.1. The van der Waals surface area contributed by atoms with Crippen LogP contribution in [-0.2, 0) is 13.2 Å². The molecule has 0 spiro atoms. The lowest BCUT2D eigenvalue weighted by Gasteiger charge is -2.11. The van der Waals surface area contributed by atoms with Gasteiger partial charge >= 0.3 is 0 Å². The molecule has 0 fully saturated rings. The van der Waals surface area contributed by atoms with E-state index in [1.165, 1.54) is 0 Å². The zero-order valence-electron chi connectivity index (χ0n) is 18.3. The third-order valence-electron chi connectivity index (χ3n) is 5.16. The summed E-state index contributed by atoms with van der Waals surface area (Å²) in [6, 6.07) is 11.3. The van der Waals surface area contributed by atoms with Crippen molar-refractivity contribution in [1.29, 1.82) is 0 Å². The number of aryl methyl sites for hydroxylation is 4. The van der Waals surface area contributed by atoms with Gasteiger partial charge in [-0.3, -0.25) is 9.48 Å². The molecule has 1 N–H and O–H groups in total. The average Bonchev–Trinajstić information content (AvgIpc) is 3.00. The van der Waals surface area contributed by atoms with E-state index in [-0.39, 0.29) is 5.91 Å². The van der Waals surface area contributed by atoms with Crippen molar-refractivity contribution in [2.45, 2.75) is 47.3 Å². The molecule has 0 unspecified atom stereocenters. The van der Waals surface area contributed by atoms with E-state index in [0.29, 0.717) is 18.7 Å². The first-order valence-electron chi connectivity index (χ1n) is 10.2. The molecule has 0 radical (unpaired) electrons. The lowest BCUT2D eigenvalue weighted by molar-refractivity contribution is 0.0952. The number of nitrogens with one attached hydrogen (secondary N) is 1. The van der Waals surface area contributed by atoms with E-state index >= 15 is 0 Å².